The van der Waals surface area contributed by atoms with E-state index in [1.54, 1.807) is 20.8 Å². The molecule has 0 aliphatic heterocycles. The Labute approximate surface area is 97.4 Å². The van der Waals surface area contributed by atoms with Crippen LogP contribution in [0, 0.1) is 5.41 Å². The monoisotopic (exact) mass is 246 g/mol. The molecule has 0 bridgehead atoms. The highest BCUT2D eigenvalue weighted by atomic mass is 19.4. The summed E-state index contributed by atoms with van der Waals surface area (Å²) >= 11 is 0. The number of halogens is 3. The second-order valence-electron chi connectivity index (χ2n) is 4.65. The topological polar surface area (TPSA) is 26.3 Å². The summed E-state index contributed by atoms with van der Waals surface area (Å²) in [5, 5.41) is 0. The Hall–Kier alpha value is -1.52. The van der Waals surface area contributed by atoms with Crippen LogP contribution in [0.4, 0.5) is 13.2 Å². The molecule has 1 rings (SSSR count). The number of benzene rings is 1. The molecule has 0 unspecified atom stereocenters. The second kappa shape index (κ2) is 4.39. The standard InChI is InChI=1S/C12H13F3O2/c1-11(2,3)10(16)8-5-4-6-9(7-8)17-12(13,14)15/h4-7H,1-3H3. The minimum atomic E-state index is -4.75. The second-order valence-corrected chi connectivity index (χ2v) is 4.65. The van der Waals surface area contributed by atoms with Gasteiger partial charge in [0.05, 0.1) is 0 Å². The molecule has 0 saturated heterocycles. The van der Waals surface area contributed by atoms with Gasteiger partial charge in [0.2, 0.25) is 0 Å². The van der Waals surface area contributed by atoms with Gasteiger partial charge < -0.3 is 4.74 Å². The zero-order chi connectivity index (χ0) is 13.3. The Morgan fingerprint density at radius 3 is 2.24 bits per heavy atom. The molecule has 0 aromatic heterocycles. The van der Waals surface area contributed by atoms with Gasteiger partial charge in [-0.3, -0.25) is 4.79 Å². The predicted molar refractivity (Wildman–Crippen MR) is 56.9 cm³/mol. The summed E-state index contributed by atoms with van der Waals surface area (Å²) in [7, 11) is 0. The first-order valence-corrected chi connectivity index (χ1v) is 5.00. The molecule has 1 aromatic rings. The van der Waals surface area contributed by atoms with E-state index >= 15 is 0 Å². The van der Waals surface area contributed by atoms with Crippen molar-refractivity contribution in [3.8, 4) is 5.75 Å². The van der Waals surface area contributed by atoms with Crippen LogP contribution in [0.2, 0.25) is 0 Å². The minimum Gasteiger partial charge on any atom is -0.406 e. The lowest BCUT2D eigenvalue weighted by Gasteiger charge is -2.17. The molecule has 0 saturated carbocycles. The van der Waals surface area contributed by atoms with Crippen molar-refractivity contribution in [1.29, 1.82) is 0 Å². The summed E-state index contributed by atoms with van der Waals surface area (Å²) in [6.07, 6.45) is -4.75. The SMILES string of the molecule is CC(C)(C)C(=O)c1cccc(OC(F)(F)F)c1. The number of rotatable bonds is 2. The van der Waals surface area contributed by atoms with Crippen LogP contribution in [-0.4, -0.2) is 12.1 Å². The molecule has 2 nitrogen and oxygen atoms in total. The van der Waals surface area contributed by atoms with Gasteiger partial charge in [0.1, 0.15) is 5.75 Å². The fourth-order valence-corrected chi connectivity index (χ4v) is 1.27. The fraction of sp³-hybridized carbons (Fsp3) is 0.417. The molecule has 0 amide bonds. The molecule has 0 aliphatic carbocycles. The quantitative estimate of drug-likeness (QED) is 0.741. The van der Waals surface area contributed by atoms with Crippen molar-refractivity contribution in [1.82, 2.24) is 0 Å². The van der Waals surface area contributed by atoms with Gasteiger partial charge in [0.15, 0.2) is 5.78 Å². The van der Waals surface area contributed by atoms with E-state index in [1.165, 1.54) is 12.1 Å². The van der Waals surface area contributed by atoms with E-state index in [0.29, 0.717) is 0 Å². The highest BCUT2D eigenvalue weighted by molar-refractivity contribution is 6.00. The van der Waals surface area contributed by atoms with Gasteiger partial charge in [-0.15, -0.1) is 13.2 Å². The Bertz CT molecular complexity index is 416. The average Bonchev–Trinajstić information content (AvgIpc) is 2.12. The van der Waals surface area contributed by atoms with E-state index in [0.717, 1.165) is 12.1 Å². The molecule has 0 spiro atoms. The molecular weight excluding hydrogens is 233 g/mol. The Morgan fingerprint density at radius 2 is 1.76 bits per heavy atom. The predicted octanol–water partition coefficient (Wildman–Crippen LogP) is 3.81. The number of hydrogen-bond acceptors (Lipinski definition) is 2. The summed E-state index contributed by atoms with van der Waals surface area (Å²) < 4.78 is 39.8. The number of alkyl halides is 3. The van der Waals surface area contributed by atoms with Gasteiger partial charge in [0, 0.05) is 11.0 Å². The number of hydrogen-bond donors (Lipinski definition) is 0. The van der Waals surface area contributed by atoms with Crippen molar-refractivity contribution in [3.63, 3.8) is 0 Å². The minimum absolute atomic E-state index is 0.208. The van der Waals surface area contributed by atoms with Crippen molar-refractivity contribution >= 4 is 5.78 Å². The number of carbonyl (C=O) groups is 1. The Kier molecular flexibility index (Phi) is 3.50. The first-order chi connectivity index (χ1) is 7.59. The lowest BCUT2D eigenvalue weighted by Crippen LogP contribution is -2.21. The van der Waals surface area contributed by atoms with Crippen LogP contribution < -0.4 is 4.74 Å². The van der Waals surface area contributed by atoms with Crippen LogP contribution in [0.15, 0.2) is 24.3 Å². The number of ketones is 1. The maximum atomic E-state index is 12.0. The number of ether oxygens (including phenoxy) is 1. The van der Waals surface area contributed by atoms with Crippen molar-refractivity contribution in [2.45, 2.75) is 27.1 Å². The van der Waals surface area contributed by atoms with Crippen LogP contribution >= 0.6 is 0 Å². The molecule has 1 aromatic carbocycles. The summed E-state index contributed by atoms with van der Waals surface area (Å²) in [6, 6.07) is 5.09. The average molecular weight is 246 g/mol. The normalized spacial score (nSPS) is 12.4. The number of carbonyl (C=O) groups excluding carboxylic acids is 1. The Morgan fingerprint density at radius 1 is 1.18 bits per heavy atom. The molecule has 0 radical (unpaired) electrons. The lowest BCUT2D eigenvalue weighted by molar-refractivity contribution is -0.274. The molecule has 0 atom stereocenters. The van der Waals surface area contributed by atoms with Gasteiger partial charge >= 0.3 is 6.36 Å². The van der Waals surface area contributed by atoms with Gasteiger partial charge in [-0.05, 0) is 12.1 Å². The van der Waals surface area contributed by atoms with Crippen LogP contribution in [-0.2, 0) is 0 Å². The van der Waals surface area contributed by atoms with Crippen LogP contribution in [0.3, 0.4) is 0 Å². The fourth-order valence-electron chi connectivity index (χ4n) is 1.27. The van der Waals surface area contributed by atoms with Gasteiger partial charge in [-0.2, -0.15) is 0 Å². The molecular formula is C12H13F3O2. The molecule has 0 heterocycles. The summed E-state index contributed by atoms with van der Waals surface area (Å²) in [4.78, 5) is 11.8. The first-order valence-electron chi connectivity index (χ1n) is 5.00. The summed E-state index contributed by atoms with van der Waals surface area (Å²) in [5.74, 6) is -0.613. The van der Waals surface area contributed by atoms with Crippen LogP contribution in [0.1, 0.15) is 31.1 Å². The lowest BCUT2D eigenvalue weighted by atomic mass is 9.86. The smallest absolute Gasteiger partial charge is 0.406 e. The maximum Gasteiger partial charge on any atom is 0.573 e. The third-order valence-corrected chi connectivity index (χ3v) is 2.01. The van der Waals surface area contributed by atoms with E-state index in [9.17, 15) is 18.0 Å². The van der Waals surface area contributed by atoms with Crippen molar-refractivity contribution in [2.75, 3.05) is 0 Å². The van der Waals surface area contributed by atoms with E-state index in [1.807, 2.05) is 0 Å². The third kappa shape index (κ3) is 4.09. The molecule has 0 N–H and O–H groups in total. The summed E-state index contributed by atoms with van der Waals surface area (Å²) in [5.41, 5.74) is -0.434. The molecule has 5 heteroatoms. The maximum absolute atomic E-state index is 12.0. The van der Waals surface area contributed by atoms with Crippen molar-refractivity contribution < 1.29 is 22.7 Å². The van der Waals surface area contributed by atoms with E-state index in [-0.39, 0.29) is 17.1 Å². The highest BCUT2D eigenvalue weighted by Crippen LogP contribution is 2.26. The van der Waals surface area contributed by atoms with Crippen molar-refractivity contribution in [2.24, 2.45) is 5.41 Å². The van der Waals surface area contributed by atoms with E-state index in [2.05, 4.69) is 4.74 Å². The van der Waals surface area contributed by atoms with Crippen LogP contribution in [0.5, 0.6) is 5.75 Å². The van der Waals surface area contributed by atoms with E-state index in [4.69, 9.17) is 0 Å². The van der Waals surface area contributed by atoms with E-state index < -0.39 is 11.8 Å². The van der Waals surface area contributed by atoms with Gasteiger partial charge in [0.25, 0.3) is 0 Å². The molecule has 0 fully saturated rings. The third-order valence-electron chi connectivity index (χ3n) is 2.01. The largest absolute Gasteiger partial charge is 0.573 e. The Balaban J connectivity index is 2.98. The molecule has 94 valence electrons. The number of Topliss-reactive ketones (excluding diaryl/α,β-unsaturated/α-hetero) is 1. The van der Waals surface area contributed by atoms with Crippen molar-refractivity contribution in [3.05, 3.63) is 29.8 Å². The van der Waals surface area contributed by atoms with Gasteiger partial charge in [-0.25, -0.2) is 0 Å². The highest BCUT2D eigenvalue weighted by Gasteiger charge is 2.31. The van der Waals surface area contributed by atoms with Gasteiger partial charge in [-0.1, -0.05) is 32.9 Å². The first kappa shape index (κ1) is 13.5. The molecule has 0 aliphatic rings. The zero-order valence-electron chi connectivity index (χ0n) is 9.76. The van der Waals surface area contributed by atoms with Crippen LogP contribution in [0.25, 0.3) is 0 Å². The zero-order valence-corrected chi connectivity index (χ0v) is 9.76. The summed E-state index contributed by atoms with van der Waals surface area (Å²) in [6.45, 7) is 5.10. The molecule has 17 heavy (non-hydrogen) atoms.